The Kier molecular flexibility index (Phi) is 4.98. The first-order chi connectivity index (χ1) is 12.6. The van der Waals surface area contributed by atoms with Crippen LogP contribution in [0.5, 0.6) is 11.5 Å². The lowest BCUT2D eigenvalue weighted by atomic mass is 10.1. The molecule has 0 saturated carbocycles. The number of methoxy groups -OCH3 is 2. The van der Waals surface area contributed by atoms with Crippen LogP contribution in [0.25, 0.3) is 11.3 Å². The molecule has 0 spiro atoms. The summed E-state index contributed by atoms with van der Waals surface area (Å²) >= 11 is 0. The number of amides is 1. The third-order valence-corrected chi connectivity index (χ3v) is 3.74. The Labute approximate surface area is 150 Å². The summed E-state index contributed by atoms with van der Waals surface area (Å²) in [4.78, 5) is 20.3. The van der Waals surface area contributed by atoms with Crippen molar-refractivity contribution in [3.05, 3.63) is 60.3 Å². The first-order valence-corrected chi connectivity index (χ1v) is 7.83. The van der Waals surface area contributed by atoms with Crippen LogP contribution in [-0.2, 0) is 0 Å². The van der Waals surface area contributed by atoms with E-state index in [1.54, 1.807) is 31.5 Å². The van der Waals surface area contributed by atoms with Crippen LogP contribution in [0.1, 0.15) is 10.4 Å². The van der Waals surface area contributed by atoms with Crippen molar-refractivity contribution in [2.24, 2.45) is 5.73 Å². The molecule has 0 radical (unpaired) electrons. The van der Waals surface area contributed by atoms with Gasteiger partial charge in [0.15, 0.2) is 0 Å². The molecule has 3 N–H and O–H groups in total. The maximum absolute atomic E-state index is 11.6. The van der Waals surface area contributed by atoms with Gasteiger partial charge in [0.25, 0.3) is 5.91 Å². The van der Waals surface area contributed by atoms with Crippen LogP contribution in [0.4, 0.5) is 11.6 Å². The van der Waals surface area contributed by atoms with Gasteiger partial charge in [-0.05, 0) is 36.4 Å². The molecule has 0 bridgehead atoms. The molecule has 0 aliphatic rings. The van der Waals surface area contributed by atoms with Crippen molar-refractivity contribution in [1.29, 1.82) is 0 Å². The third kappa shape index (κ3) is 3.72. The second-order valence-corrected chi connectivity index (χ2v) is 5.40. The van der Waals surface area contributed by atoms with Crippen LogP contribution in [0, 0.1) is 0 Å². The van der Waals surface area contributed by atoms with Crippen molar-refractivity contribution in [3.8, 4) is 22.8 Å². The molecule has 2 aromatic carbocycles. The molecule has 1 heterocycles. The number of primary amides is 1. The average molecular weight is 350 g/mol. The van der Waals surface area contributed by atoms with Crippen LogP contribution < -0.4 is 20.5 Å². The van der Waals surface area contributed by atoms with Gasteiger partial charge < -0.3 is 20.5 Å². The number of nitrogens with zero attached hydrogens (tertiary/aromatic N) is 2. The number of carbonyl (C=O) groups excluding carboxylic acids is 1. The zero-order valence-corrected chi connectivity index (χ0v) is 14.4. The van der Waals surface area contributed by atoms with Gasteiger partial charge in [0.1, 0.15) is 11.5 Å². The Balaban J connectivity index is 1.92. The van der Waals surface area contributed by atoms with E-state index in [2.05, 4.69) is 15.3 Å². The first-order valence-electron chi connectivity index (χ1n) is 7.83. The topological polar surface area (TPSA) is 99.4 Å². The number of benzene rings is 2. The lowest BCUT2D eigenvalue weighted by Gasteiger charge is -2.10. The molecule has 132 valence electrons. The van der Waals surface area contributed by atoms with E-state index in [1.165, 1.54) is 7.11 Å². The number of anilines is 2. The van der Waals surface area contributed by atoms with E-state index in [4.69, 9.17) is 15.2 Å². The maximum atomic E-state index is 11.6. The number of nitrogens with one attached hydrogen (secondary N) is 1. The minimum Gasteiger partial charge on any atom is -0.497 e. The number of ether oxygens (including phenoxy) is 2. The fourth-order valence-corrected chi connectivity index (χ4v) is 2.47. The number of nitrogens with two attached hydrogens (primary N) is 1. The van der Waals surface area contributed by atoms with Crippen LogP contribution in [0.3, 0.4) is 0 Å². The quantitative estimate of drug-likeness (QED) is 0.709. The van der Waals surface area contributed by atoms with Crippen molar-refractivity contribution in [1.82, 2.24) is 9.97 Å². The molecule has 7 nitrogen and oxygen atoms in total. The summed E-state index contributed by atoms with van der Waals surface area (Å²) in [5.74, 6) is 1.01. The second-order valence-electron chi connectivity index (χ2n) is 5.40. The summed E-state index contributed by atoms with van der Waals surface area (Å²) < 4.78 is 10.4. The van der Waals surface area contributed by atoms with E-state index < -0.39 is 5.91 Å². The summed E-state index contributed by atoms with van der Waals surface area (Å²) in [5, 5.41) is 3.13. The molecule has 0 aliphatic carbocycles. The smallest absolute Gasteiger partial charge is 0.252 e. The second kappa shape index (κ2) is 7.52. The van der Waals surface area contributed by atoms with Gasteiger partial charge in [-0.25, -0.2) is 9.97 Å². The number of aromatic nitrogens is 2. The summed E-state index contributed by atoms with van der Waals surface area (Å²) in [6.07, 6.45) is 1.64. The first kappa shape index (κ1) is 17.2. The number of rotatable bonds is 6. The highest BCUT2D eigenvalue weighted by atomic mass is 16.5. The molecule has 1 amide bonds. The minimum atomic E-state index is -0.563. The lowest BCUT2D eigenvalue weighted by Crippen LogP contribution is -2.12. The van der Waals surface area contributed by atoms with Crippen molar-refractivity contribution >= 4 is 17.5 Å². The van der Waals surface area contributed by atoms with Gasteiger partial charge in [-0.3, -0.25) is 4.79 Å². The Hall–Kier alpha value is -3.61. The molecule has 0 aliphatic heterocycles. The molecule has 3 rings (SSSR count). The zero-order valence-electron chi connectivity index (χ0n) is 14.4. The summed E-state index contributed by atoms with van der Waals surface area (Å²) in [6.45, 7) is 0. The maximum Gasteiger partial charge on any atom is 0.252 e. The molecular weight excluding hydrogens is 332 g/mol. The molecule has 0 fully saturated rings. The SMILES string of the molecule is COc1cccc(Nc2nccc(-c3ccc(OC)c(C(N)=O)c3)n2)c1. The van der Waals surface area contributed by atoms with Crippen molar-refractivity contribution in [3.63, 3.8) is 0 Å². The van der Waals surface area contributed by atoms with Crippen LogP contribution >= 0.6 is 0 Å². The highest BCUT2D eigenvalue weighted by molar-refractivity contribution is 5.97. The van der Waals surface area contributed by atoms with Crippen LogP contribution in [0.2, 0.25) is 0 Å². The Morgan fingerprint density at radius 3 is 2.65 bits per heavy atom. The molecule has 7 heteroatoms. The van der Waals surface area contributed by atoms with Crippen molar-refractivity contribution in [2.45, 2.75) is 0 Å². The summed E-state index contributed by atoms with van der Waals surface area (Å²) in [6, 6.07) is 14.3. The average Bonchev–Trinajstić information content (AvgIpc) is 2.67. The van der Waals surface area contributed by atoms with E-state index in [0.717, 1.165) is 17.0 Å². The Morgan fingerprint density at radius 2 is 1.92 bits per heavy atom. The Morgan fingerprint density at radius 1 is 1.08 bits per heavy atom. The zero-order chi connectivity index (χ0) is 18.5. The fraction of sp³-hybridized carbons (Fsp3) is 0.105. The van der Waals surface area contributed by atoms with Gasteiger partial charge in [0.05, 0.1) is 25.5 Å². The monoisotopic (exact) mass is 350 g/mol. The molecule has 0 unspecified atom stereocenters. The van der Waals surface area contributed by atoms with E-state index >= 15 is 0 Å². The van der Waals surface area contributed by atoms with Gasteiger partial charge in [-0.1, -0.05) is 6.07 Å². The lowest BCUT2D eigenvalue weighted by molar-refractivity contribution is 0.0997. The number of hydrogen-bond acceptors (Lipinski definition) is 6. The van der Waals surface area contributed by atoms with Gasteiger partial charge in [0.2, 0.25) is 5.95 Å². The molecule has 0 saturated heterocycles. The van der Waals surface area contributed by atoms with Gasteiger partial charge >= 0.3 is 0 Å². The standard InChI is InChI=1S/C19H18N4O3/c1-25-14-5-3-4-13(11-14)22-19-21-9-8-16(23-19)12-6-7-17(26-2)15(10-12)18(20)24/h3-11H,1-2H3,(H2,20,24)(H,21,22,23). The number of carbonyl (C=O) groups is 1. The van der Waals surface area contributed by atoms with E-state index in [0.29, 0.717) is 23.0 Å². The molecule has 3 aromatic rings. The molecule has 26 heavy (non-hydrogen) atoms. The van der Waals surface area contributed by atoms with Crippen molar-refractivity contribution < 1.29 is 14.3 Å². The van der Waals surface area contributed by atoms with Gasteiger partial charge in [0, 0.05) is 23.5 Å². The van der Waals surface area contributed by atoms with E-state index in [-0.39, 0.29) is 0 Å². The summed E-state index contributed by atoms with van der Waals surface area (Å²) in [7, 11) is 3.10. The van der Waals surface area contributed by atoms with Gasteiger partial charge in [-0.2, -0.15) is 0 Å². The normalized spacial score (nSPS) is 10.2. The summed E-state index contributed by atoms with van der Waals surface area (Å²) in [5.41, 5.74) is 7.90. The predicted octanol–water partition coefficient (Wildman–Crippen LogP) is 3.00. The van der Waals surface area contributed by atoms with Crippen LogP contribution in [-0.4, -0.2) is 30.1 Å². The largest absolute Gasteiger partial charge is 0.497 e. The van der Waals surface area contributed by atoms with Crippen LogP contribution in [0.15, 0.2) is 54.7 Å². The minimum absolute atomic E-state index is 0.297. The predicted molar refractivity (Wildman–Crippen MR) is 98.8 cm³/mol. The Bertz CT molecular complexity index is 944. The molecule has 0 atom stereocenters. The van der Waals surface area contributed by atoms with Gasteiger partial charge in [-0.15, -0.1) is 0 Å². The molecular formula is C19H18N4O3. The highest BCUT2D eigenvalue weighted by Gasteiger charge is 2.12. The molecule has 1 aromatic heterocycles. The fourth-order valence-electron chi connectivity index (χ4n) is 2.47. The van der Waals surface area contributed by atoms with E-state index in [1.807, 2.05) is 30.3 Å². The highest BCUT2D eigenvalue weighted by Crippen LogP contribution is 2.26. The van der Waals surface area contributed by atoms with E-state index in [9.17, 15) is 4.79 Å². The number of hydrogen-bond donors (Lipinski definition) is 2. The third-order valence-electron chi connectivity index (χ3n) is 3.74. The van der Waals surface area contributed by atoms with Crippen molar-refractivity contribution in [2.75, 3.05) is 19.5 Å².